The van der Waals surface area contributed by atoms with Crippen LogP contribution in [-0.4, -0.2) is 83.1 Å². The maximum Gasteiger partial charge on any atom is 0.258 e. The van der Waals surface area contributed by atoms with E-state index in [0.717, 1.165) is 83.5 Å². The fraction of sp³-hybridized carbons (Fsp3) is 0.172. The van der Waals surface area contributed by atoms with E-state index >= 15 is 0 Å². The molecule has 3 aliphatic heterocycles. The van der Waals surface area contributed by atoms with Crippen molar-refractivity contribution in [1.29, 1.82) is 0 Å². The molecular formula is C87H71F5N6O11. The summed E-state index contributed by atoms with van der Waals surface area (Å²) in [7, 11) is 7.91. The minimum absolute atomic E-state index is 0.180. The van der Waals surface area contributed by atoms with Gasteiger partial charge in [0.2, 0.25) is 0 Å². The number of aromatic hydroxyl groups is 1. The standard InChI is InChI=1S/C34H28F2N2O4.C27H23FN2O4.C26H20F2N2O3/c1-40-27-13-7-23(8-14-27)20-42-33-30-29(19-38(34(30)39)18-22-5-11-26(36)12-6-22)32(41-2)28-16-24(17-37-31(28)33)15-21-3-9-25(35)10-4-21;1-32-20-9-5-17(6-10-20)15-34-26-23-22(14-30-27(23)31)25(33-2)21-12-18(13-29-24(21)26)11-16-3-7-19(28)8-4-16;1-33-25-20-11-17(10-15-2-6-18(27)7-3-15)12-29-23(20)24(31)22-21(25)14-30(26(22)32)13-16-4-8-19(28)9-5-16/h3-14,16-17H,15,18-20H2,1-2H3;3-10,12-13H,11,14-15H2,1-2H3,(H,30,31);2-9,11-12,31H,10,13-14H2,1H3. The van der Waals surface area contributed by atoms with Crippen LogP contribution < -0.4 is 38.5 Å². The molecule has 22 heteroatoms. The lowest BCUT2D eigenvalue weighted by molar-refractivity contribution is 0.0756. The number of methoxy groups -OCH3 is 5. The number of halogens is 5. The molecule has 0 spiro atoms. The summed E-state index contributed by atoms with van der Waals surface area (Å²) in [4.78, 5) is 56.8. The third-order valence-corrected chi connectivity index (χ3v) is 19.2. The highest BCUT2D eigenvalue weighted by Gasteiger charge is 2.39. The van der Waals surface area contributed by atoms with Crippen LogP contribution in [-0.2, 0) is 65.2 Å². The van der Waals surface area contributed by atoms with Crippen molar-refractivity contribution in [1.82, 2.24) is 30.1 Å². The third-order valence-electron chi connectivity index (χ3n) is 19.2. The van der Waals surface area contributed by atoms with E-state index in [1.54, 1.807) is 117 Å². The highest BCUT2D eigenvalue weighted by Crippen LogP contribution is 2.48. The van der Waals surface area contributed by atoms with Crippen LogP contribution in [0.4, 0.5) is 22.0 Å². The summed E-state index contributed by atoms with van der Waals surface area (Å²) in [5, 5.41) is 15.9. The van der Waals surface area contributed by atoms with Gasteiger partial charge >= 0.3 is 0 Å². The monoisotopic (exact) mass is 1470 g/mol. The number of pyridine rings is 3. The second-order valence-corrected chi connectivity index (χ2v) is 26.3. The van der Waals surface area contributed by atoms with Gasteiger partial charge in [0, 0.05) is 71.1 Å². The molecule has 550 valence electrons. The van der Waals surface area contributed by atoms with Gasteiger partial charge in [0.15, 0.2) is 17.2 Å². The number of aromatic nitrogens is 3. The normalized spacial score (nSPS) is 12.6. The largest absolute Gasteiger partial charge is 0.505 e. The van der Waals surface area contributed by atoms with Crippen LogP contribution in [0.2, 0.25) is 0 Å². The zero-order chi connectivity index (χ0) is 76.0. The summed E-state index contributed by atoms with van der Waals surface area (Å²) < 4.78 is 107. The molecule has 0 radical (unpaired) electrons. The van der Waals surface area contributed by atoms with E-state index in [4.69, 9.17) is 38.1 Å². The summed E-state index contributed by atoms with van der Waals surface area (Å²) in [6.45, 7) is 1.96. The Labute approximate surface area is 623 Å². The summed E-state index contributed by atoms with van der Waals surface area (Å²) in [5.74, 6) is 1.49. The smallest absolute Gasteiger partial charge is 0.258 e. The zero-order valence-corrected chi connectivity index (χ0v) is 59.9. The Morgan fingerprint density at radius 3 is 1.06 bits per heavy atom. The lowest BCUT2D eigenvalue weighted by atomic mass is 9.99. The molecule has 0 fully saturated rings. The van der Waals surface area contributed by atoms with Crippen LogP contribution in [0.15, 0.2) is 207 Å². The number of benzene rings is 10. The predicted octanol–water partition coefficient (Wildman–Crippen LogP) is 16.6. The maximum atomic E-state index is 13.9. The Hall–Kier alpha value is -13.1. The van der Waals surface area contributed by atoms with Crippen LogP contribution in [0.5, 0.6) is 46.0 Å². The van der Waals surface area contributed by atoms with E-state index in [9.17, 15) is 41.4 Å². The number of amides is 3. The minimum Gasteiger partial charge on any atom is -0.505 e. The first-order valence-electron chi connectivity index (χ1n) is 34.8. The van der Waals surface area contributed by atoms with Gasteiger partial charge in [0.25, 0.3) is 17.7 Å². The van der Waals surface area contributed by atoms with Gasteiger partial charge in [-0.1, -0.05) is 84.9 Å². The van der Waals surface area contributed by atoms with Crippen molar-refractivity contribution in [3.63, 3.8) is 0 Å². The Kier molecular flexibility index (Phi) is 21.3. The van der Waals surface area contributed by atoms with Crippen molar-refractivity contribution < 1.29 is 74.6 Å². The van der Waals surface area contributed by atoms with Gasteiger partial charge in [-0.15, -0.1) is 0 Å². The molecule has 16 rings (SSSR count). The van der Waals surface area contributed by atoms with Gasteiger partial charge in [0.05, 0.1) is 65.3 Å². The first kappa shape index (κ1) is 72.8. The average Bonchev–Trinajstić information content (AvgIpc) is 1.66. The number of ether oxygens (including phenoxy) is 7. The molecule has 3 aliphatic rings. The molecule has 0 saturated heterocycles. The number of fused-ring (bicyclic) bond motifs is 6. The van der Waals surface area contributed by atoms with E-state index in [1.165, 1.54) is 67.8 Å². The molecule has 6 heterocycles. The fourth-order valence-electron chi connectivity index (χ4n) is 13.9. The molecule has 10 aromatic carbocycles. The lowest BCUT2D eigenvalue weighted by Crippen LogP contribution is -2.23. The summed E-state index contributed by atoms with van der Waals surface area (Å²) in [6, 6.07) is 52.0. The molecule has 0 aliphatic carbocycles. The molecule has 2 N–H and O–H groups in total. The van der Waals surface area contributed by atoms with Gasteiger partial charge < -0.3 is 53.4 Å². The lowest BCUT2D eigenvalue weighted by Gasteiger charge is -2.17. The van der Waals surface area contributed by atoms with Gasteiger partial charge in [-0.05, 0) is 178 Å². The molecule has 0 atom stereocenters. The van der Waals surface area contributed by atoms with E-state index in [0.29, 0.717) is 106 Å². The molecule has 0 saturated carbocycles. The van der Waals surface area contributed by atoms with Gasteiger partial charge in [0.1, 0.15) is 87.6 Å². The maximum absolute atomic E-state index is 13.9. The summed E-state index contributed by atoms with van der Waals surface area (Å²) in [5.41, 5.74) is 13.4. The second kappa shape index (κ2) is 31.9. The van der Waals surface area contributed by atoms with Crippen LogP contribution in [0.3, 0.4) is 0 Å². The number of carbonyl (C=O) groups is 3. The average molecular weight is 1470 g/mol. The predicted molar refractivity (Wildman–Crippen MR) is 400 cm³/mol. The number of phenols is 1. The SMILES string of the molecule is COc1c2c(c(O)c3ncc(Cc4ccc(F)cc4)cc13)C(=O)N(Cc1ccc(F)cc1)C2.COc1ccc(COc2c3c(c(OC)c4cc(Cc5ccc(F)cc5)cnc24)CN(Cc2ccc(F)cc2)C3=O)cc1.COc1ccc(COc2c3c(c(OC)c4cc(Cc5ccc(F)cc5)cnc24)CNC3=O)cc1. The quantitative estimate of drug-likeness (QED) is 0.0645. The summed E-state index contributed by atoms with van der Waals surface area (Å²) >= 11 is 0. The van der Waals surface area contributed by atoms with Crippen LogP contribution in [0, 0.1) is 29.1 Å². The first-order valence-corrected chi connectivity index (χ1v) is 34.8. The Balaban J connectivity index is 0.000000138. The van der Waals surface area contributed by atoms with Crippen molar-refractivity contribution in [3.05, 3.63) is 325 Å². The molecule has 3 aromatic heterocycles. The topological polar surface area (TPSA) is 193 Å². The van der Waals surface area contributed by atoms with E-state index < -0.39 is 0 Å². The molecule has 0 unspecified atom stereocenters. The number of carbonyl (C=O) groups excluding carboxylic acids is 3. The Bertz CT molecular complexity index is 5590. The highest BCUT2D eigenvalue weighted by molar-refractivity contribution is 6.11. The third kappa shape index (κ3) is 15.6. The van der Waals surface area contributed by atoms with Gasteiger partial charge in [-0.3, -0.25) is 29.3 Å². The van der Waals surface area contributed by atoms with Crippen molar-refractivity contribution >= 4 is 50.4 Å². The Morgan fingerprint density at radius 2 is 0.688 bits per heavy atom. The van der Waals surface area contributed by atoms with Crippen molar-refractivity contribution in [2.24, 2.45) is 0 Å². The molecular weight excluding hydrogens is 1400 g/mol. The minimum atomic E-state index is -0.345. The second-order valence-electron chi connectivity index (χ2n) is 26.3. The van der Waals surface area contributed by atoms with Gasteiger partial charge in [-0.25, -0.2) is 22.0 Å². The first-order chi connectivity index (χ1) is 52.9. The number of phenolic OH excluding ortho intramolecular Hbond substituents is 1. The summed E-state index contributed by atoms with van der Waals surface area (Å²) in [6.07, 6.45) is 6.79. The van der Waals surface area contributed by atoms with E-state index in [-0.39, 0.29) is 89.9 Å². The number of nitrogens with one attached hydrogen (secondary N) is 1. The van der Waals surface area contributed by atoms with Crippen LogP contribution in [0.1, 0.15) is 103 Å². The fourth-order valence-corrected chi connectivity index (χ4v) is 13.9. The van der Waals surface area contributed by atoms with Crippen molar-refractivity contribution in [2.75, 3.05) is 35.5 Å². The molecule has 3 amide bonds. The number of nitrogens with zero attached hydrogens (tertiary/aromatic N) is 5. The molecule has 13 aromatic rings. The molecule has 17 nitrogen and oxygen atoms in total. The van der Waals surface area contributed by atoms with E-state index in [1.807, 2.05) is 66.7 Å². The molecule has 109 heavy (non-hydrogen) atoms. The zero-order valence-electron chi connectivity index (χ0n) is 59.9. The van der Waals surface area contributed by atoms with Crippen LogP contribution >= 0.6 is 0 Å². The molecule has 0 bridgehead atoms. The van der Waals surface area contributed by atoms with E-state index in [2.05, 4.69) is 15.3 Å². The Morgan fingerprint density at radius 1 is 0.367 bits per heavy atom. The van der Waals surface area contributed by atoms with Crippen LogP contribution in [0.25, 0.3) is 32.7 Å². The number of hydrogen-bond donors (Lipinski definition) is 2. The number of rotatable bonds is 21. The van der Waals surface area contributed by atoms with Crippen molar-refractivity contribution in [2.45, 2.75) is 65.2 Å². The van der Waals surface area contributed by atoms with Crippen molar-refractivity contribution in [3.8, 4) is 46.0 Å². The number of hydrogen-bond acceptors (Lipinski definition) is 14. The van der Waals surface area contributed by atoms with Gasteiger partial charge in [-0.2, -0.15) is 0 Å². The highest BCUT2D eigenvalue weighted by atomic mass is 19.1.